The number of hydrogen-bond donors (Lipinski definition) is 0. The number of fused-ring (bicyclic) bond motifs is 2. The Morgan fingerprint density at radius 2 is 1.24 bits per heavy atom. The van der Waals surface area contributed by atoms with Crippen molar-refractivity contribution in [1.29, 1.82) is 0 Å². The predicted molar refractivity (Wildman–Crippen MR) is 176 cm³/mol. The molecule has 0 nitrogen and oxygen atoms in total. The monoisotopic (exact) mass is 684 g/mol. The summed E-state index contributed by atoms with van der Waals surface area (Å²) >= 11 is 1.74. The van der Waals surface area contributed by atoms with E-state index in [0.717, 1.165) is 6.42 Å². The van der Waals surface area contributed by atoms with Gasteiger partial charge in [-0.3, -0.25) is 0 Å². The molecule has 0 radical (unpaired) electrons. The van der Waals surface area contributed by atoms with Gasteiger partial charge in [0.05, 0.1) is 0 Å². The van der Waals surface area contributed by atoms with Gasteiger partial charge in [0, 0.05) is 0 Å². The van der Waals surface area contributed by atoms with E-state index < -0.39 is 0 Å². The van der Waals surface area contributed by atoms with Crippen molar-refractivity contribution in [3.8, 4) is 22.3 Å². The van der Waals surface area contributed by atoms with Gasteiger partial charge in [-0.1, -0.05) is 112 Å². The first-order chi connectivity index (χ1) is 19.3. The fourth-order valence-corrected chi connectivity index (χ4v) is 5.04. The van der Waals surface area contributed by atoms with Gasteiger partial charge in [-0.05, 0) is 23.5 Å². The van der Waals surface area contributed by atoms with Crippen LogP contribution in [-0.2, 0) is 29.8 Å². The molecule has 0 aliphatic carbocycles. The van der Waals surface area contributed by atoms with Crippen molar-refractivity contribution in [2.75, 3.05) is 0 Å². The topological polar surface area (TPSA) is 0 Å². The molecule has 42 heavy (non-hydrogen) atoms. The fraction of sp³-hybridized carbons (Fsp3) is 0.211. The molecule has 0 aliphatic rings. The Labute approximate surface area is 280 Å². The van der Waals surface area contributed by atoms with E-state index in [9.17, 15) is 0 Å². The summed E-state index contributed by atoms with van der Waals surface area (Å²) in [6.07, 6.45) is 1.10. The number of aryl methyl sites for hydroxylation is 2. The van der Waals surface area contributed by atoms with Crippen molar-refractivity contribution in [3.05, 3.63) is 132 Å². The first kappa shape index (κ1) is 36.0. The summed E-state index contributed by atoms with van der Waals surface area (Å²) in [6.45, 7) is 13.5. The fourth-order valence-electron chi connectivity index (χ4n) is 5.04. The van der Waals surface area contributed by atoms with Gasteiger partial charge < -0.3 is 24.8 Å². The second kappa shape index (κ2) is 17.2. The zero-order valence-electron chi connectivity index (χ0n) is 25.5. The van der Waals surface area contributed by atoms with E-state index in [1.807, 2.05) is 0 Å². The van der Waals surface area contributed by atoms with Gasteiger partial charge in [0.1, 0.15) is 0 Å². The van der Waals surface area contributed by atoms with Gasteiger partial charge >= 0.3 is 41.9 Å². The van der Waals surface area contributed by atoms with Crippen LogP contribution >= 0.6 is 0 Å². The molecule has 0 bridgehead atoms. The van der Waals surface area contributed by atoms with Crippen molar-refractivity contribution in [2.45, 2.75) is 53.1 Å². The van der Waals surface area contributed by atoms with E-state index in [0.29, 0.717) is 5.92 Å². The molecule has 0 aromatic heterocycles. The maximum Gasteiger partial charge on any atom is -1.00 e. The molecule has 0 unspecified atom stereocenters. The SMILES string of the molecule is CC(C)c1cc2c(-c3ccccc3)cccc2[cH-]1.CCc1cc2c(-c3ccccc3)ccc(C)c2[cH-]1.C[Si](C)=[Zr+2].[Cl-].[Cl-]. The number of benzene rings is 4. The Morgan fingerprint density at radius 1 is 0.690 bits per heavy atom. The Morgan fingerprint density at radius 3 is 1.76 bits per heavy atom. The maximum absolute atomic E-state index is 2.34. The van der Waals surface area contributed by atoms with E-state index in [1.165, 1.54) is 60.5 Å². The summed E-state index contributed by atoms with van der Waals surface area (Å²) in [5.41, 5.74) is 9.70. The van der Waals surface area contributed by atoms with E-state index in [2.05, 4.69) is 156 Å². The molecule has 0 aliphatic heterocycles. The normalized spacial score (nSPS) is 10.2. The summed E-state index contributed by atoms with van der Waals surface area (Å²) in [6, 6.07) is 41.6. The third-order valence-corrected chi connectivity index (χ3v) is 7.18. The van der Waals surface area contributed by atoms with Crippen molar-refractivity contribution < 1.29 is 48.1 Å². The Kier molecular flexibility index (Phi) is 14.7. The van der Waals surface area contributed by atoms with Crippen molar-refractivity contribution in [3.63, 3.8) is 0 Å². The average molecular weight is 687 g/mol. The zero-order valence-corrected chi connectivity index (χ0v) is 30.5. The average Bonchev–Trinajstić information content (AvgIpc) is 3.60. The number of halogens is 2. The van der Waals surface area contributed by atoms with Crippen LogP contribution in [0.15, 0.2) is 115 Å². The molecule has 0 heterocycles. The maximum atomic E-state index is 2.34. The van der Waals surface area contributed by atoms with Gasteiger partial charge in [-0.15, -0.1) is 68.6 Å². The van der Waals surface area contributed by atoms with Crippen molar-refractivity contribution in [2.24, 2.45) is 0 Å². The molecule has 0 saturated carbocycles. The molecule has 6 aromatic rings. The van der Waals surface area contributed by atoms with E-state index in [4.69, 9.17) is 0 Å². The Bertz CT molecular complexity index is 1690. The van der Waals surface area contributed by atoms with Crippen molar-refractivity contribution >= 4 is 27.0 Å². The van der Waals surface area contributed by atoms with Gasteiger partial charge in [0.15, 0.2) is 0 Å². The molecular formula is C38H40Cl2SiZr-2. The van der Waals surface area contributed by atoms with Gasteiger partial charge in [0.2, 0.25) is 0 Å². The minimum Gasteiger partial charge on any atom is -1.00 e. The standard InChI is InChI=1S/2C18H17.C2H6Si.2ClH.Zr/c1-13(2)16-11-15-9-6-10-17(18(15)12-16)14-7-4-3-5-8-14;1-3-14-11-17-13(2)9-10-16(18(17)12-14)15-7-5-4-6-8-15;1-3-2;;;/h3-13H,1-2H3;4-12H,3H2,1-2H3;1-2H3;2*1H;/q2*-1;;;;+2/p-2. The number of rotatable bonds is 4. The molecule has 0 atom stereocenters. The van der Waals surface area contributed by atoms with E-state index in [-0.39, 0.29) is 30.2 Å². The first-order valence-electron chi connectivity index (χ1n) is 14.3. The molecule has 6 aromatic carbocycles. The summed E-state index contributed by atoms with van der Waals surface area (Å²) in [5.74, 6) is 0.584. The molecule has 0 saturated heterocycles. The summed E-state index contributed by atoms with van der Waals surface area (Å²) in [5, 5.41) is 5.50. The van der Waals surface area contributed by atoms with Crippen LogP contribution in [0.4, 0.5) is 0 Å². The van der Waals surface area contributed by atoms with Crippen LogP contribution in [-0.4, -0.2) is 5.43 Å². The van der Waals surface area contributed by atoms with Gasteiger partial charge in [-0.2, -0.15) is 12.1 Å². The molecule has 0 fully saturated rings. The third-order valence-electron chi connectivity index (χ3n) is 7.18. The second-order valence-corrected chi connectivity index (χ2v) is 20.3. The molecule has 4 heteroatoms. The van der Waals surface area contributed by atoms with Crippen molar-refractivity contribution in [1.82, 2.24) is 0 Å². The van der Waals surface area contributed by atoms with Crippen LogP contribution in [0.5, 0.6) is 0 Å². The minimum atomic E-state index is 0. The van der Waals surface area contributed by atoms with Crippen LogP contribution in [0.1, 0.15) is 43.4 Å². The smallest absolute Gasteiger partial charge is 1.00 e. The van der Waals surface area contributed by atoms with Gasteiger partial charge in [-0.25, -0.2) is 0 Å². The van der Waals surface area contributed by atoms with Crippen LogP contribution in [0.3, 0.4) is 0 Å². The van der Waals surface area contributed by atoms with Crippen LogP contribution in [0.25, 0.3) is 43.8 Å². The first-order valence-corrected chi connectivity index (χ1v) is 20.5. The summed E-state index contributed by atoms with van der Waals surface area (Å²) in [4.78, 5) is 0. The van der Waals surface area contributed by atoms with Crippen LogP contribution < -0.4 is 24.8 Å². The number of hydrogen-bond acceptors (Lipinski definition) is 0. The third kappa shape index (κ3) is 9.14. The largest absolute Gasteiger partial charge is 1.00 e. The van der Waals surface area contributed by atoms with E-state index >= 15 is 0 Å². The predicted octanol–water partition coefficient (Wildman–Crippen LogP) is 5.24. The minimum absolute atomic E-state index is 0. The molecule has 0 N–H and O–H groups in total. The molecule has 6 rings (SSSR count). The quantitative estimate of drug-likeness (QED) is 0.176. The molecule has 0 amide bonds. The second-order valence-electron chi connectivity index (χ2n) is 11.0. The van der Waals surface area contributed by atoms with Crippen LogP contribution in [0, 0.1) is 6.92 Å². The molecular weight excluding hydrogens is 647 g/mol. The van der Waals surface area contributed by atoms with E-state index in [1.54, 1.807) is 23.3 Å². The van der Waals surface area contributed by atoms with Gasteiger partial charge in [0.25, 0.3) is 0 Å². The molecule has 0 spiro atoms. The zero-order chi connectivity index (χ0) is 28.6. The Hall–Kier alpha value is -2.22. The molecule has 216 valence electrons. The summed E-state index contributed by atoms with van der Waals surface area (Å²) < 4.78 is 0. The van der Waals surface area contributed by atoms with Crippen LogP contribution in [0.2, 0.25) is 13.1 Å². The Balaban J connectivity index is 0.000000250. The summed E-state index contributed by atoms with van der Waals surface area (Å²) in [7, 11) is 0.